The molecule has 1 aliphatic heterocycles. The molecule has 0 spiro atoms. The fraction of sp³-hybridized carbons (Fsp3) is 0.688. The molecule has 0 bridgehead atoms. The van der Waals surface area contributed by atoms with E-state index < -0.39 is 15.4 Å². The maximum absolute atomic E-state index is 11.5. The Balaban J connectivity index is 1.88. The Morgan fingerprint density at radius 2 is 2.17 bits per heavy atom. The molecule has 2 rings (SSSR count). The molecule has 2 atom stereocenters. The van der Waals surface area contributed by atoms with Gasteiger partial charge in [0.25, 0.3) is 0 Å². The van der Waals surface area contributed by atoms with Crippen LogP contribution in [-0.4, -0.2) is 51.1 Å². The van der Waals surface area contributed by atoms with Crippen LogP contribution >= 0.6 is 0 Å². The molecule has 7 nitrogen and oxygen atoms in total. The number of rotatable bonds is 5. The largest absolute Gasteiger partial charge is 0.466 e. The molecule has 0 aliphatic carbocycles. The molecule has 0 saturated carbocycles. The Hall–Kier alpha value is -1.54. The van der Waals surface area contributed by atoms with Crippen molar-refractivity contribution in [2.24, 2.45) is 10.9 Å². The molecule has 8 heteroatoms. The molecular weight excluding hydrogens is 330 g/mol. The summed E-state index contributed by atoms with van der Waals surface area (Å²) in [4.78, 5) is 4.12. The van der Waals surface area contributed by atoms with Gasteiger partial charge in [-0.05, 0) is 39.2 Å². The van der Waals surface area contributed by atoms with Crippen LogP contribution in [0.3, 0.4) is 0 Å². The Morgan fingerprint density at radius 3 is 2.67 bits per heavy atom. The van der Waals surface area contributed by atoms with Gasteiger partial charge in [0.05, 0.1) is 18.1 Å². The number of nitrogens with zero attached hydrogens (tertiary/aromatic N) is 1. The van der Waals surface area contributed by atoms with Gasteiger partial charge in [-0.1, -0.05) is 0 Å². The highest BCUT2D eigenvalue weighted by Crippen LogP contribution is 2.26. The lowest BCUT2D eigenvalue weighted by Crippen LogP contribution is -2.45. The standard InChI is InChI=1S/C16H27N3O4S/c1-11-7-14(12(2)23-11)16(3,20)10-19-15(17-4)18-8-13-5-6-24(21,22)9-13/h7,13,20H,5-6,8-10H2,1-4H3,(H2,17,18,19). The topological polar surface area (TPSA) is 104 Å². The van der Waals surface area contributed by atoms with Gasteiger partial charge < -0.3 is 20.2 Å². The smallest absolute Gasteiger partial charge is 0.191 e. The summed E-state index contributed by atoms with van der Waals surface area (Å²) in [6, 6.07) is 1.83. The molecule has 0 radical (unpaired) electrons. The number of nitrogens with one attached hydrogen (secondary N) is 2. The molecule has 1 aromatic rings. The lowest BCUT2D eigenvalue weighted by atomic mass is 9.96. The zero-order chi connectivity index (χ0) is 18.0. The summed E-state index contributed by atoms with van der Waals surface area (Å²) in [5.74, 6) is 2.58. The van der Waals surface area contributed by atoms with Gasteiger partial charge >= 0.3 is 0 Å². The minimum Gasteiger partial charge on any atom is -0.466 e. The number of aryl methyl sites for hydroxylation is 2. The number of guanidine groups is 1. The van der Waals surface area contributed by atoms with Crippen molar-refractivity contribution in [3.8, 4) is 0 Å². The van der Waals surface area contributed by atoms with Crippen molar-refractivity contribution >= 4 is 15.8 Å². The molecule has 1 saturated heterocycles. The fourth-order valence-corrected chi connectivity index (χ4v) is 4.87. The van der Waals surface area contributed by atoms with Crippen molar-refractivity contribution in [3.05, 3.63) is 23.2 Å². The summed E-state index contributed by atoms with van der Waals surface area (Å²) >= 11 is 0. The minimum absolute atomic E-state index is 0.104. The van der Waals surface area contributed by atoms with E-state index in [0.717, 1.165) is 11.3 Å². The minimum atomic E-state index is -2.87. The first-order valence-corrected chi connectivity index (χ1v) is 9.90. The fourth-order valence-electron chi connectivity index (χ4n) is 3.01. The second-order valence-electron chi connectivity index (χ2n) is 6.68. The van der Waals surface area contributed by atoms with Gasteiger partial charge in [0.15, 0.2) is 15.8 Å². The number of furan rings is 1. The van der Waals surface area contributed by atoms with Gasteiger partial charge in [0.2, 0.25) is 0 Å². The van der Waals surface area contributed by atoms with Gasteiger partial charge in [-0.2, -0.15) is 0 Å². The van der Waals surface area contributed by atoms with Crippen molar-refractivity contribution in [1.29, 1.82) is 0 Å². The van der Waals surface area contributed by atoms with E-state index in [1.54, 1.807) is 14.0 Å². The average Bonchev–Trinajstić information content (AvgIpc) is 3.01. The van der Waals surface area contributed by atoms with Crippen molar-refractivity contribution in [3.63, 3.8) is 0 Å². The lowest BCUT2D eigenvalue weighted by Gasteiger charge is -2.25. The van der Waals surface area contributed by atoms with Gasteiger partial charge in [-0.15, -0.1) is 0 Å². The van der Waals surface area contributed by atoms with E-state index in [1.165, 1.54) is 0 Å². The molecule has 1 aliphatic rings. The normalized spacial score (nSPS) is 23.0. The van der Waals surface area contributed by atoms with Gasteiger partial charge in [0, 0.05) is 19.2 Å². The number of hydrogen-bond donors (Lipinski definition) is 3. The Kier molecular flexibility index (Phi) is 5.59. The summed E-state index contributed by atoms with van der Waals surface area (Å²) in [6.07, 6.45) is 0.678. The van der Waals surface area contributed by atoms with Crippen LogP contribution in [0.2, 0.25) is 0 Å². The summed E-state index contributed by atoms with van der Waals surface area (Å²) in [6.45, 7) is 6.19. The quantitative estimate of drug-likeness (QED) is 0.529. The summed E-state index contributed by atoms with van der Waals surface area (Å²) in [7, 11) is -1.23. The highest BCUT2D eigenvalue weighted by atomic mass is 32.2. The van der Waals surface area contributed by atoms with Crippen molar-refractivity contribution in [2.75, 3.05) is 31.6 Å². The summed E-state index contributed by atoms with van der Waals surface area (Å²) in [5, 5.41) is 16.9. The monoisotopic (exact) mass is 357 g/mol. The van der Waals surface area contributed by atoms with E-state index in [2.05, 4.69) is 15.6 Å². The van der Waals surface area contributed by atoms with Crippen molar-refractivity contribution < 1.29 is 17.9 Å². The number of aliphatic hydroxyl groups is 1. The third-order valence-corrected chi connectivity index (χ3v) is 6.17. The van der Waals surface area contributed by atoms with Crippen LogP contribution in [0.25, 0.3) is 0 Å². The van der Waals surface area contributed by atoms with Crippen LogP contribution in [0.15, 0.2) is 15.5 Å². The third-order valence-electron chi connectivity index (χ3n) is 4.33. The van der Waals surface area contributed by atoms with E-state index in [-0.39, 0.29) is 24.0 Å². The third kappa shape index (κ3) is 4.73. The second kappa shape index (κ2) is 7.14. The molecule has 3 N–H and O–H groups in total. The molecule has 1 fully saturated rings. The second-order valence-corrected chi connectivity index (χ2v) is 8.91. The van der Waals surface area contributed by atoms with Gasteiger partial charge in [-0.3, -0.25) is 4.99 Å². The molecular formula is C16H27N3O4S. The molecule has 2 unspecified atom stereocenters. The Bertz CT molecular complexity index is 707. The predicted molar refractivity (Wildman–Crippen MR) is 93.9 cm³/mol. The highest BCUT2D eigenvalue weighted by Gasteiger charge is 2.29. The number of hydrogen-bond acceptors (Lipinski definition) is 5. The molecule has 1 aromatic heterocycles. The number of sulfone groups is 1. The first kappa shape index (κ1) is 18.8. The van der Waals surface area contributed by atoms with E-state index in [1.807, 2.05) is 19.9 Å². The Labute approximate surface area is 143 Å². The maximum atomic E-state index is 11.5. The maximum Gasteiger partial charge on any atom is 0.191 e. The predicted octanol–water partition coefficient (Wildman–Crippen LogP) is 0.704. The van der Waals surface area contributed by atoms with Crippen molar-refractivity contribution in [1.82, 2.24) is 10.6 Å². The Morgan fingerprint density at radius 1 is 1.46 bits per heavy atom. The van der Waals surface area contributed by atoms with Crippen LogP contribution in [0.4, 0.5) is 0 Å². The van der Waals surface area contributed by atoms with Crippen LogP contribution in [0.1, 0.15) is 30.4 Å². The van der Waals surface area contributed by atoms with E-state index in [9.17, 15) is 13.5 Å². The van der Waals surface area contributed by atoms with Crippen LogP contribution in [0, 0.1) is 19.8 Å². The van der Waals surface area contributed by atoms with Crippen LogP contribution in [0.5, 0.6) is 0 Å². The molecule has 136 valence electrons. The van der Waals surface area contributed by atoms with Crippen molar-refractivity contribution in [2.45, 2.75) is 32.8 Å². The summed E-state index contributed by atoms with van der Waals surface area (Å²) < 4.78 is 28.5. The first-order valence-electron chi connectivity index (χ1n) is 8.08. The van der Waals surface area contributed by atoms with E-state index >= 15 is 0 Å². The van der Waals surface area contributed by atoms with Gasteiger partial charge in [-0.25, -0.2) is 8.42 Å². The lowest BCUT2D eigenvalue weighted by molar-refractivity contribution is 0.0601. The molecule has 2 heterocycles. The first-order chi connectivity index (χ1) is 11.1. The SMILES string of the molecule is CN=C(NCC1CCS(=O)(=O)C1)NCC(C)(O)c1cc(C)oc1C. The molecule has 24 heavy (non-hydrogen) atoms. The summed E-state index contributed by atoms with van der Waals surface area (Å²) in [5.41, 5.74) is -0.360. The van der Waals surface area contributed by atoms with Gasteiger partial charge in [0.1, 0.15) is 17.1 Å². The van der Waals surface area contributed by atoms with Crippen LogP contribution < -0.4 is 10.6 Å². The molecule has 0 amide bonds. The van der Waals surface area contributed by atoms with E-state index in [4.69, 9.17) is 4.42 Å². The number of aliphatic imine (C=N–C) groups is 1. The highest BCUT2D eigenvalue weighted by molar-refractivity contribution is 7.91. The van der Waals surface area contributed by atoms with E-state index in [0.29, 0.717) is 24.7 Å². The van der Waals surface area contributed by atoms with Crippen LogP contribution in [-0.2, 0) is 15.4 Å². The zero-order valence-electron chi connectivity index (χ0n) is 14.7. The average molecular weight is 357 g/mol. The molecule has 0 aromatic carbocycles. The zero-order valence-corrected chi connectivity index (χ0v) is 15.5.